The molecular formula is C14H20ClNO2. The van der Waals surface area contributed by atoms with Gasteiger partial charge in [0, 0.05) is 6.54 Å². The van der Waals surface area contributed by atoms with Gasteiger partial charge < -0.3 is 10.1 Å². The molecule has 0 saturated heterocycles. The van der Waals surface area contributed by atoms with Crippen LogP contribution in [-0.4, -0.2) is 18.9 Å². The smallest absolute Gasteiger partial charge is 0.235 e. The van der Waals surface area contributed by atoms with Gasteiger partial charge in [0.1, 0.15) is 11.6 Å². The summed E-state index contributed by atoms with van der Waals surface area (Å²) in [7, 11) is 1.67. The highest BCUT2D eigenvalue weighted by atomic mass is 35.5. The molecule has 0 spiro atoms. The quantitative estimate of drug-likeness (QED) is 0.854. The molecule has 18 heavy (non-hydrogen) atoms. The van der Waals surface area contributed by atoms with Gasteiger partial charge in [0.15, 0.2) is 0 Å². The Morgan fingerprint density at radius 3 is 2.56 bits per heavy atom. The van der Waals surface area contributed by atoms with Gasteiger partial charge in [-0.2, -0.15) is 0 Å². The Balaban J connectivity index is 2.93. The SMILES string of the molecule is COc1ccc(CNC(=O)CCl)cc1C(C)(C)C. The van der Waals surface area contributed by atoms with Gasteiger partial charge in [0.25, 0.3) is 0 Å². The molecule has 3 nitrogen and oxygen atoms in total. The van der Waals surface area contributed by atoms with Crippen molar-refractivity contribution in [3.05, 3.63) is 29.3 Å². The second-order valence-corrected chi connectivity index (χ2v) is 5.46. The zero-order valence-electron chi connectivity index (χ0n) is 11.3. The van der Waals surface area contributed by atoms with E-state index in [1.807, 2.05) is 12.1 Å². The molecule has 4 heteroatoms. The van der Waals surface area contributed by atoms with Crippen molar-refractivity contribution in [1.82, 2.24) is 5.32 Å². The molecule has 0 heterocycles. The first-order chi connectivity index (χ1) is 8.38. The van der Waals surface area contributed by atoms with Crippen molar-refractivity contribution in [2.24, 2.45) is 0 Å². The van der Waals surface area contributed by atoms with Crippen molar-refractivity contribution in [3.8, 4) is 5.75 Å². The van der Waals surface area contributed by atoms with Gasteiger partial charge in [-0.05, 0) is 28.7 Å². The van der Waals surface area contributed by atoms with Crippen molar-refractivity contribution >= 4 is 17.5 Å². The molecule has 1 aromatic rings. The van der Waals surface area contributed by atoms with Crippen molar-refractivity contribution in [3.63, 3.8) is 0 Å². The highest BCUT2D eigenvalue weighted by Gasteiger charge is 2.19. The third-order valence-electron chi connectivity index (χ3n) is 2.68. The Labute approximate surface area is 113 Å². The number of methoxy groups -OCH3 is 1. The predicted octanol–water partition coefficient (Wildman–Crippen LogP) is 2.85. The van der Waals surface area contributed by atoms with Crippen molar-refractivity contribution in [2.45, 2.75) is 32.7 Å². The van der Waals surface area contributed by atoms with E-state index in [0.29, 0.717) is 6.54 Å². The summed E-state index contributed by atoms with van der Waals surface area (Å²) < 4.78 is 5.37. The molecule has 0 aliphatic heterocycles. The van der Waals surface area contributed by atoms with E-state index in [-0.39, 0.29) is 17.2 Å². The maximum atomic E-state index is 11.1. The fourth-order valence-electron chi connectivity index (χ4n) is 1.70. The minimum atomic E-state index is -0.162. The summed E-state index contributed by atoms with van der Waals surface area (Å²) in [4.78, 5) is 11.1. The summed E-state index contributed by atoms with van der Waals surface area (Å²) in [6.07, 6.45) is 0. The lowest BCUT2D eigenvalue weighted by atomic mass is 9.85. The van der Waals surface area contributed by atoms with Crippen LogP contribution in [0.4, 0.5) is 0 Å². The van der Waals surface area contributed by atoms with E-state index in [1.54, 1.807) is 7.11 Å². The molecule has 0 saturated carbocycles. The average Bonchev–Trinajstić information content (AvgIpc) is 2.34. The highest BCUT2D eigenvalue weighted by Crippen LogP contribution is 2.31. The van der Waals surface area contributed by atoms with Gasteiger partial charge in [0.05, 0.1) is 7.11 Å². The van der Waals surface area contributed by atoms with Gasteiger partial charge >= 0.3 is 0 Å². The maximum Gasteiger partial charge on any atom is 0.235 e. The summed E-state index contributed by atoms with van der Waals surface area (Å²) in [6, 6.07) is 5.94. The van der Waals surface area contributed by atoms with Crippen LogP contribution in [-0.2, 0) is 16.8 Å². The number of benzene rings is 1. The van der Waals surface area contributed by atoms with E-state index in [9.17, 15) is 4.79 Å². The lowest BCUT2D eigenvalue weighted by Gasteiger charge is -2.23. The van der Waals surface area contributed by atoms with Gasteiger partial charge in [0.2, 0.25) is 5.91 Å². The number of amides is 1. The molecule has 0 atom stereocenters. The van der Waals surface area contributed by atoms with Crippen LogP contribution in [0.25, 0.3) is 0 Å². The molecule has 0 aromatic heterocycles. The molecule has 100 valence electrons. The van der Waals surface area contributed by atoms with Crippen LogP contribution in [0.2, 0.25) is 0 Å². The molecule has 0 fully saturated rings. The molecule has 0 unspecified atom stereocenters. The largest absolute Gasteiger partial charge is 0.496 e. The van der Waals surface area contributed by atoms with Gasteiger partial charge in [-0.25, -0.2) is 0 Å². The van der Waals surface area contributed by atoms with Crippen molar-refractivity contribution < 1.29 is 9.53 Å². The van der Waals surface area contributed by atoms with Crippen LogP contribution in [0, 0.1) is 0 Å². The zero-order valence-corrected chi connectivity index (χ0v) is 12.1. The molecule has 0 radical (unpaired) electrons. The monoisotopic (exact) mass is 269 g/mol. The Bertz CT molecular complexity index is 424. The summed E-state index contributed by atoms with van der Waals surface area (Å²) in [6.45, 7) is 6.88. The van der Waals surface area contributed by atoms with Crippen LogP contribution in [0.3, 0.4) is 0 Å². The van der Waals surface area contributed by atoms with Crippen molar-refractivity contribution in [1.29, 1.82) is 0 Å². The minimum absolute atomic E-state index is 0.00214. The third kappa shape index (κ3) is 3.91. The Morgan fingerprint density at radius 1 is 1.39 bits per heavy atom. The summed E-state index contributed by atoms with van der Waals surface area (Å²) in [5, 5.41) is 2.75. The summed E-state index contributed by atoms with van der Waals surface area (Å²) in [5.74, 6) is 0.696. The number of carbonyl (C=O) groups excluding carboxylic acids is 1. The molecule has 1 N–H and O–H groups in total. The second-order valence-electron chi connectivity index (χ2n) is 5.19. The first-order valence-electron chi connectivity index (χ1n) is 5.88. The van der Waals surface area contributed by atoms with E-state index in [1.165, 1.54) is 0 Å². The molecule has 1 rings (SSSR count). The number of rotatable bonds is 4. The Morgan fingerprint density at radius 2 is 2.06 bits per heavy atom. The summed E-state index contributed by atoms with van der Waals surface area (Å²) >= 11 is 5.44. The Kier molecular flexibility index (Phi) is 5.03. The van der Waals surface area contributed by atoms with E-state index in [0.717, 1.165) is 16.9 Å². The molecule has 0 bridgehead atoms. The predicted molar refractivity (Wildman–Crippen MR) is 74.3 cm³/mol. The third-order valence-corrected chi connectivity index (χ3v) is 2.93. The highest BCUT2D eigenvalue weighted by molar-refractivity contribution is 6.27. The summed E-state index contributed by atoms with van der Waals surface area (Å²) in [5.41, 5.74) is 2.17. The molecule has 0 aliphatic carbocycles. The zero-order chi connectivity index (χ0) is 13.8. The number of ether oxygens (including phenoxy) is 1. The molecule has 1 aromatic carbocycles. The Hall–Kier alpha value is -1.22. The fraction of sp³-hybridized carbons (Fsp3) is 0.500. The number of hydrogen-bond acceptors (Lipinski definition) is 2. The minimum Gasteiger partial charge on any atom is -0.496 e. The second kappa shape index (κ2) is 6.10. The van der Waals surface area contributed by atoms with E-state index < -0.39 is 0 Å². The van der Waals surface area contributed by atoms with Gasteiger partial charge in [-0.3, -0.25) is 4.79 Å². The van der Waals surface area contributed by atoms with E-state index >= 15 is 0 Å². The number of carbonyl (C=O) groups is 1. The first kappa shape index (κ1) is 14.8. The van der Waals surface area contributed by atoms with Crippen LogP contribution in [0.1, 0.15) is 31.9 Å². The van der Waals surface area contributed by atoms with E-state index in [4.69, 9.17) is 16.3 Å². The molecule has 0 aliphatic rings. The molecular weight excluding hydrogens is 250 g/mol. The fourth-order valence-corrected chi connectivity index (χ4v) is 1.79. The van der Waals surface area contributed by atoms with Crippen LogP contribution >= 0.6 is 11.6 Å². The number of alkyl halides is 1. The normalized spacial score (nSPS) is 11.2. The lowest BCUT2D eigenvalue weighted by Crippen LogP contribution is -2.24. The molecule has 1 amide bonds. The number of hydrogen-bond donors (Lipinski definition) is 1. The van der Waals surface area contributed by atoms with Crippen LogP contribution in [0.5, 0.6) is 5.75 Å². The number of nitrogens with one attached hydrogen (secondary N) is 1. The van der Waals surface area contributed by atoms with Crippen molar-refractivity contribution in [2.75, 3.05) is 13.0 Å². The first-order valence-corrected chi connectivity index (χ1v) is 6.42. The standard InChI is InChI=1S/C14H20ClNO2/c1-14(2,3)11-7-10(5-6-12(11)18-4)9-16-13(17)8-15/h5-7H,8-9H2,1-4H3,(H,16,17). The van der Waals surface area contributed by atoms with Gasteiger partial charge in [-0.15, -0.1) is 11.6 Å². The van der Waals surface area contributed by atoms with Crippen LogP contribution in [0.15, 0.2) is 18.2 Å². The number of halogens is 1. The average molecular weight is 270 g/mol. The topological polar surface area (TPSA) is 38.3 Å². The van der Waals surface area contributed by atoms with Gasteiger partial charge in [-0.1, -0.05) is 26.8 Å². The lowest BCUT2D eigenvalue weighted by molar-refractivity contribution is -0.118. The van der Waals surface area contributed by atoms with E-state index in [2.05, 4.69) is 32.2 Å². The maximum absolute atomic E-state index is 11.1. The van der Waals surface area contributed by atoms with Crippen LogP contribution < -0.4 is 10.1 Å².